The van der Waals surface area contributed by atoms with Gasteiger partial charge in [-0.05, 0) is 60.7 Å². The Bertz CT molecular complexity index is 1110. The van der Waals surface area contributed by atoms with Crippen LogP contribution in [0.2, 0.25) is 0 Å². The summed E-state index contributed by atoms with van der Waals surface area (Å²) in [5, 5.41) is 4.18. The first-order chi connectivity index (χ1) is 14.8. The monoisotopic (exact) mass is 415 g/mol. The topological polar surface area (TPSA) is 59.1 Å². The van der Waals surface area contributed by atoms with Gasteiger partial charge in [-0.1, -0.05) is 12.1 Å². The molecular formula is C23H21N5OS. The van der Waals surface area contributed by atoms with Crippen molar-refractivity contribution in [2.45, 2.75) is 25.2 Å². The van der Waals surface area contributed by atoms with Gasteiger partial charge in [0.25, 0.3) is 0 Å². The molecule has 2 atom stereocenters. The van der Waals surface area contributed by atoms with Gasteiger partial charge in [-0.15, -0.1) is 0 Å². The van der Waals surface area contributed by atoms with Gasteiger partial charge in [-0.2, -0.15) is 0 Å². The number of hydrogen-bond acceptors (Lipinski definition) is 4. The largest absolute Gasteiger partial charge is 0.467 e. The molecule has 0 radical (unpaired) electrons. The molecule has 0 saturated carbocycles. The van der Waals surface area contributed by atoms with E-state index in [0.717, 1.165) is 22.8 Å². The molecule has 4 aromatic rings. The summed E-state index contributed by atoms with van der Waals surface area (Å²) in [6, 6.07) is 19.9. The van der Waals surface area contributed by atoms with Gasteiger partial charge < -0.3 is 19.2 Å². The van der Waals surface area contributed by atoms with E-state index in [4.69, 9.17) is 16.6 Å². The lowest BCUT2D eigenvalue weighted by atomic mass is 10.0. The van der Waals surface area contributed by atoms with Crippen LogP contribution in [0.3, 0.4) is 0 Å². The molecule has 5 heterocycles. The molecule has 1 aliphatic heterocycles. The first kappa shape index (κ1) is 18.6. The molecule has 7 heteroatoms. The summed E-state index contributed by atoms with van der Waals surface area (Å²) < 4.78 is 7.84. The van der Waals surface area contributed by atoms with E-state index in [1.54, 1.807) is 6.26 Å². The number of rotatable bonds is 6. The Balaban J connectivity index is 1.54. The molecule has 0 aliphatic carbocycles. The predicted molar refractivity (Wildman–Crippen MR) is 117 cm³/mol. The number of thiocarbonyl (C=S) groups is 1. The quantitative estimate of drug-likeness (QED) is 0.479. The Morgan fingerprint density at radius 3 is 2.53 bits per heavy atom. The molecule has 150 valence electrons. The molecule has 0 bridgehead atoms. The molecular weight excluding hydrogens is 394 g/mol. The highest BCUT2D eigenvalue weighted by Crippen LogP contribution is 2.39. The van der Waals surface area contributed by atoms with E-state index in [0.29, 0.717) is 18.2 Å². The molecule has 4 aromatic heterocycles. The SMILES string of the molecule is S=C1N[C@H](c2ccccn2)[C@H](c2cccn2Cc2ccccn2)N1Cc1ccco1. The summed E-state index contributed by atoms with van der Waals surface area (Å²) in [5.41, 5.74) is 3.11. The van der Waals surface area contributed by atoms with Gasteiger partial charge in [0.05, 0.1) is 42.8 Å². The van der Waals surface area contributed by atoms with Crippen LogP contribution in [0.15, 0.2) is 89.9 Å². The normalized spacial score (nSPS) is 18.5. The van der Waals surface area contributed by atoms with E-state index >= 15 is 0 Å². The van der Waals surface area contributed by atoms with Crippen molar-refractivity contribution in [2.24, 2.45) is 0 Å². The van der Waals surface area contributed by atoms with E-state index in [1.807, 2.05) is 60.9 Å². The number of aromatic nitrogens is 3. The Hall–Kier alpha value is -3.45. The number of pyridine rings is 2. The lowest BCUT2D eigenvalue weighted by molar-refractivity contribution is 0.277. The minimum absolute atomic E-state index is 0.0313. The molecule has 1 aliphatic rings. The van der Waals surface area contributed by atoms with Gasteiger partial charge in [-0.3, -0.25) is 9.97 Å². The van der Waals surface area contributed by atoms with Crippen LogP contribution in [0.25, 0.3) is 0 Å². The van der Waals surface area contributed by atoms with Gasteiger partial charge >= 0.3 is 0 Å². The van der Waals surface area contributed by atoms with E-state index < -0.39 is 0 Å². The second-order valence-electron chi connectivity index (χ2n) is 7.22. The van der Waals surface area contributed by atoms with Gasteiger partial charge in [0.1, 0.15) is 5.76 Å². The zero-order chi connectivity index (χ0) is 20.3. The Kier molecular flexibility index (Phi) is 5.03. The Labute approximate surface area is 180 Å². The second-order valence-corrected chi connectivity index (χ2v) is 7.60. The highest BCUT2D eigenvalue weighted by molar-refractivity contribution is 7.80. The minimum Gasteiger partial charge on any atom is -0.467 e. The third kappa shape index (κ3) is 3.59. The first-order valence-corrected chi connectivity index (χ1v) is 10.3. The maximum Gasteiger partial charge on any atom is 0.170 e. The van der Waals surface area contributed by atoms with Crippen molar-refractivity contribution in [3.05, 3.63) is 108 Å². The molecule has 0 spiro atoms. The number of nitrogens with one attached hydrogen (secondary N) is 1. The van der Waals surface area contributed by atoms with E-state index in [9.17, 15) is 0 Å². The van der Waals surface area contributed by atoms with Crippen LogP contribution in [0.5, 0.6) is 0 Å². The summed E-state index contributed by atoms with van der Waals surface area (Å²) in [7, 11) is 0. The van der Waals surface area contributed by atoms with Crippen molar-refractivity contribution in [1.82, 2.24) is 24.8 Å². The number of nitrogens with zero attached hydrogens (tertiary/aromatic N) is 4. The van der Waals surface area contributed by atoms with Crippen LogP contribution in [-0.2, 0) is 13.1 Å². The fraction of sp³-hybridized carbons (Fsp3) is 0.174. The van der Waals surface area contributed by atoms with Crippen LogP contribution in [0.1, 0.15) is 34.9 Å². The zero-order valence-corrected chi connectivity index (χ0v) is 17.1. The number of hydrogen-bond donors (Lipinski definition) is 1. The standard InChI is InChI=1S/C23H21N5OS/c30-23-26-21(19-9-2-4-12-25-19)22(28(23)16-18-8-6-14-29-18)20-10-5-13-27(20)15-17-7-1-3-11-24-17/h1-14,21-22H,15-16H2,(H,26,30)/t21-,22+/m1/s1. The third-order valence-corrected chi connectivity index (χ3v) is 5.68. The second kappa shape index (κ2) is 8.12. The van der Waals surface area contributed by atoms with Crippen molar-refractivity contribution in [2.75, 3.05) is 0 Å². The summed E-state index contributed by atoms with van der Waals surface area (Å²) >= 11 is 5.74. The fourth-order valence-electron chi connectivity index (χ4n) is 3.97. The number of furan rings is 1. The molecule has 30 heavy (non-hydrogen) atoms. The van der Waals surface area contributed by atoms with Crippen molar-refractivity contribution in [1.29, 1.82) is 0 Å². The molecule has 5 rings (SSSR count). The molecule has 1 fully saturated rings. The van der Waals surface area contributed by atoms with Gasteiger partial charge in [0, 0.05) is 24.3 Å². The predicted octanol–water partition coefficient (Wildman–Crippen LogP) is 4.09. The van der Waals surface area contributed by atoms with E-state index in [2.05, 4.69) is 43.1 Å². The Morgan fingerprint density at radius 1 is 0.933 bits per heavy atom. The minimum atomic E-state index is -0.0638. The van der Waals surface area contributed by atoms with Crippen LogP contribution >= 0.6 is 12.2 Å². The van der Waals surface area contributed by atoms with E-state index in [1.165, 1.54) is 0 Å². The molecule has 0 unspecified atom stereocenters. The maximum absolute atomic E-state index is 5.74. The average Bonchev–Trinajstić information content (AvgIpc) is 3.52. The van der Waals surface area contributed by atoms with Gasteiger partial charge in [-0.25, -0.2) is 0 Å². The summed E-state index contributed by atoms with van der Waals surface area (Å²) in [6.07, 6.45) is 7.42. The average molecular weight is 416 g/mol. The smallest absolute Gasteiger partial charge is 0.170 e. The maximum atomic E-state index is 5.74. The van der Waals surface area contributed by atoms with Crippen LogP contribution < -0.4 is 5.32 Å². The molecule has 0 amide bonds. The highest BCUT2D eigenvalue weighted by atomic mass is 32.1. The molecule has 6 nitrogen and oxygen atoms in total. The molecule has 1 N–H and O–H groups in total. The van der Waals surface area contributed by atoms with Crippen molar-refractivity contribution in [3.63, 3.8) is 0 Å². The van der Waals surface area contributed by atoms with Crippen molar-refractivity contribution >= 4 is 17.3 Å². The fourth-order valence-corrected chi connectivity index (χ4v) is 4.28. The van der Waals surface area contributed by atoms with E-state index in [-0.39, 0.29) is 12.1 Å². The third-order valence-electron chi connectivity index (χ3n) is 5.33. The van der Waals surface area contributed by atoms with Gasteiger partial charge in [0.2, 0.25) is 0 Å². The first-order valence-electron chi connectivity index (χ1n) is 9.85. The van der Waals surface area contributed by atoms with Crippen LogP contribution in [0.4, 0.5) is 0 Å². The van der Waals surface area contributed by atoms with Crippen molar-refractivity contribution in [3.8, 4) is 0 Å². The zero-order valence-electron chi connectivity index (χ0n) is 16.3. The summed E-state index contributed by atoms with van der Waals surface area (Å²) in [4.78, 5) is 11.3. The summed E-state index contributed by atoms with van der Waals surface area (Å²) in [6.45, 7) is 1.28. The summed E-state index contributed by atoms with van der Waals surface area (Å²) in [5.74, 6) is 0.869. The van der Waals surface area contributed by atoms with Gasteiger partial charge in [0.15, 0.2) is 5.11 Å². The Morgan fingerprint density at radius 2 is 1.80 bits per heavy atom. The molecule has 0 aromatic carbocycles. The van der Waals surface area contributed by atoms with Crippen LogP contribution in [0, 0.1) is 0 Å². The molecule has 1 saturated heterocycles. The lowest BCUT2D eigenvalue weighted by Crippen LogP contribution is -2.30. The van der Waals surface area contributed by atoms with Crippen molar-refractivity contribution < 1.29 is 4.42 Å². The van der Waals surface area contributed by atoms with Crippen LogP contribution in [-0.4, -0.2) is 24.5 Å². The lowest BCUT2D eigenvalue weighted by Gasteiger charge is -2.28. The highest BCUT2D eigenvalue weighted by Gasteiger charge is 2.41.